The minimum absolute atomic E-state index is 0.0111. The van der Waals surface area contributed by atoms with Crippen LogP contribution in [0.5, 0.6) is 5.75 Å². The molecule has 3 rings (SSSR count). The lowest BCUT2D eigenvalue weighted by molar-refractivity contribution is -0.549. The number of benzene rings is 1. The molecule has 4 bridgehead atoms. The lowest BCUT2D eigenvalue weighted by Gasteiger charge is -2.35. The zero-order valence-electron chi connectivity index (χ0n) is 24.8. The van der Waals surface area contributed by atoms with E-state index in [9.17, 15) is 32.3 Å². The lowest BCUT2D eigenvalue weighted by atomic mass is 9.79. The molecular weight excluding hydrogens is 555 g/mol. The first-order valence-electron chi connectivity index (χ1n) is 14.0. The number of alkyl halides is 3. The van der Waals surface area contributed by atoms with E-state index in [1.807, 2.05) is 19.2 Å². The summed E-state index contributed by atoms with van der Waals surface area (Å²) in [5.74, 6) is -3.07. The number of fused-ring (bicyclic) bond motifs is 5. The van der Waals surface area contributed by atoms with Crippen molar-refractivity contribution in [1.82, 2.24) is 15.1 Å². The van der Waals surface area contributed by atoms with Gasteiger partial charge in [0, 0.05) is 32.7 Å². The molecule has 13 heteroatoms. The van der Waals surface area contributed by atoms with E-state index in [4.69, 9.17) is 4.74 Å². The van der Waals surface area contributed by atoms with Gasteiger partial charge in [-0.1, -0.05) is 13.8 Å². The highest BCUT2D eigenvalue weighted by molar-refractivity contribution is 5.93. The van der Waals surface area contributed by atoms with Crippen LogP contribution in [0.2, 0.25) is 0 Å². The van der Waals surface area contributed by atoms with Crippen molar-refractivity contribution in [2.45, 2.75) is 75.8 Å². The molecule has 0 aromatic heterocycles. The Morgan fingerprint density at radius 3 is 2.52 bits per heavy atom. The number of carbonyl (C=O) groups is 4. The molecule has 1 fully saturated rings. The normalized spacial score (nSPS) is 25.7. The molecule has 0 aliphatic carbocycles. The summed E-state index contributed by atoms with van der Waals surface area (Å²) in [6.45, 7) is 7.90. The number of nitrogens with zero attached hydrogens (tertiary/aromatic N) is 3. The molecule has 0 radical (unpaired) electrons. The van der Waals surface area contributed by atoms with E-state index in [2.05, 4.69) is 12.0 Å². The van der Waals surface area contributed by atoms with Gasteiger partial charge in [0.2, 0.25) is 18.0 Å². The second kappa shape index (κ2) is 13.1. The fraction of sp³-hybridized carbons (Fsp3) is 0.621. The number of aldehydes is 1. The van der Waals surface area contributed by atoms with Crippen LogP contribution in [0, 0.1) is 5.92 Å². The third-order valence-electron chi connectivity index (χ3n) is 7.98. The number of amides is 3. The van der Waals surface area contributed by atoms with Gasteiger partial charge in [-0.3, -0.25) is 19.3 Å². The summed E-state index contributed by atoms with van der Waals surface area (Å²) in [7, 11) is 4.78. The van der Waals surface area contributed by atoms with Crippen molar-refractivity contribution in [2.24, 2.45) is 5.92 Å². The number of rotatable bonds is 6. The summed E-state index contributed by atoms with van der Waals surface area (Å²) >= 11 is 0. The van der Waals surface area contributed by atoms with Crippen molar-refractivity contribution >= 4 is 36.4 Å². The summed E-state index contributed by atoms with van der Waals surface area (Å²) in [5, 5.41) is 4.95. The Hall–Kier alpha value is -3.64. The Balaban J connectivity index is 2.14. The quantitative estimate of drug-likeness (QED) is 0.297. The fourth-order valence-electron chi connectivity index (χ4n) is 5.72. The smallest absolute Gasteiger partial charge is 0.471 e. The van der Waals surface area contributed by atoms with E-state index >= 15 is 0 Å². The van der Waals surface area contributed by atoms with Gasteiger partial charge in [-0.15, -0.1) is 0 Å². The highest BCUT2D eigenvalue weighted by Gasteiger charge is 2.53. The van der Waals surface area contributed by atoms with E-state index in [-0.39, 0.29) is 44.8 Å². The standard InChI is InChI=1S/C29H40F3N5O5/c1-18(2)13-23-26(40)37-16-28(17-38,15-24(37)35(4)5)20-14-19(10-11-21(20)33-3)42-12-8-7-9-22(25(39)36(23)6)34-27(41)29(30,31)32/h10-11,14,17-18,22-24,33H,4,7-9,12-13,15-16H2,1-3,5-6H3/p+1/t22-,23?,24-,28+/m0/s1. The molecule has 2 aliphatic rings. The van der Waals surface area contributed by atoms with E-state index in [1.54, 1.807) is 36.9 Å². The van der Waals surface area contributed by atoms with Crippen molar-refractivity contribution in [3.05, 3.63) is 23.8 Å². The van der Waals surface area contributed by atoms with E-state index < -0.39 is 47.6 Å². The van der Waals surface area contributed by atoms with Crippen molar-refractivity contribution in [3.8, 4) is 5.75 Å². The molecule has 4 atom stereocenters. The maximum atomic E-state index is 14.3. The summed E-state index contributed by atoms with van der Waals surface area (Å²) in [6.07, 6.45) is -3.97. The van der Waals surface area contributed by atoms with E-state index in [0.717, 1.165) is 11.2 Å². The second-order valence-corrected chi connectivity index (χ2v) is 11.6. The number of nitrogens with one attached hydrogen (secondary N) is 2. The highest BCUT2D eigenvalue weighted by atomic mass is 19.4. The molecule has 2 N–H and O–H groups in total. The summed E-state index contributed by atoms with van der Waals surface area (Å²) in [5.41, 5.74) is 0.228. The second-order valence-electron chi connectivity index (χ2n) is 11.6. The van der Waals surface area contributed by atoms with Crippen molar-refractivity contribution in [1.29, 1.82) is 0 Å². The first kappa shape index (κ1) is 32.9. The van der Waals surface area contributed by atoms with Crippen LogP contribution in [-0.2, 0) is 24.6 Å². The van der Waals surface area contributed by atoms with Crippen molar-refractivity contribution in [2.75, 3.05) is 39.6 Å². The molecule has 232 valence electrons. The molecular formula is C29H41F3N5O5+. The summed E-state index contributed by atoms with van der Waals surface area (Å²) in [4.78, 5) is 55.3. The van der Waals surface area contributed by atoms with Crippen LogP contribution < -0.4 is 15.4 Å². The third-order valence-corrected chi connectivity index (χ3v) is 7.98. The number of carbonyl (C=O) groups excluding carboxylic acids is 4. The van der Waals surface area contributed by atoms with Crippen LogP contribution in [0.3, 0.4) is 0 Å². The molecule has 42 heavy (non-hydrogen) atoms. The van der Waals surface area contributed by atoms with Crippen LogP contribution in [-0.4, -0.2) is 104 Å². The largest absolute Gasteiger partial charge is 0.494 e. The predicted octanol–water partition coefficient (Wildman–Crippen LogP) is 2.55. The van der Waals surface area contributed by atoms with Crippen LogP contribution >= 0.6 is 0 Å². The molecule has 2 aliphatic heterocycles. The number of hydrogen-bond acceptors (Lipinski definition) is 6. The van der Waals surface area contributed by atoms with Gasteiger partial charge < -0.3 is 25.1 Å². The van der Waals surface area contributed by atoms with E-state index in [0.29, 0.717) is 23.4 Å². The van der Waals surface area contributed by atoms with Gasteiger partial charge in [0.15, 0.2) is 0 Å². The number of halogens is 3. The summed E-state index contributed by atoms with van der Waals surface area (Å²) in [6, 6.07) is 2.75. The first-order chi connectivity index (χ1) is 19.6. The van der Waals surface area contributed by atoms with Crippen molar-refractivity contribution < 1.29 is 41.7 Å². The lowest BCUT2D eigenvalue weighted by Crippen LogP contribution is -2.57. The SMILES string of the molecule is C=[N+](C)[C@@H]1C[C@]2(C=O)CN1C(=O)C(CC(C)C)N(C)C(=O)[C@@H](NC(=O)C(F)(F)F)CCCCOc1ccc(NC)c2c1. The number of likely N-dealkylation sites (N-methyl/N-ethyl adjacent to an activating group) is 1. The Bertz CT molecular complexity index is 1210. The number of hydrogen-bond donors (Lipinski definition) is 2. The average Bonchev–Trinajstić information content (AvgIpc) is 3.34. The molecule has 0 spiro atoms. The maximum Gasteiger partial charge on any atom is 0.471 e. The zero-order chi connectivity index (χ0) is 31.4. The zero-order valence-corrected chi connectivity index (χ0v) is 24.8. The molecule has 1 aromatic carbocycles. The molecule has 1 unspecified atom stereocenters. The predicted molar refractivity (Wildman–Crippen MR) is 150 cm³/mol. The van der Waals surface area contributed by atoms with Gasteiger partial charge in [-0.25, -0.2) is 4.58 Å². The summed E-state index contributed by atoms with van der Waals surface area (Å²) < 4.78 is 46.9. The van der Waals surface area contributed by atoms with Gasteiger partial charge in [0.1, 0.15) is 37.9 Å². The monoisotopic (exact) mass is 596 g/mol. The topological polar surface area (TPSA) is 111 Å². The van der Waals surface area contributed by atoms with Gasteiger partial charge in [-0.2, -0.15) is 13.2 Å². The fourth-order valence-corrected chi connectivity index (χ4v) is 5.72. The van der Waals surface area contributed by atoms with Crippen LogP contribution in [0.25, 0.3) is 0 Å². The van der Waals surface area contributed by atoms with Gasteiger partial charge in [-0.05, 0) is 55.4 Å². The average molecular weight is 597 g/mol. The van der Waals surface area contributed by atoms with Gasteiger partial charge >= 0.3 is 12.1 Å². The molecule has 1 saturated heterocycles. The molecule has 0 saturated carbocycles. The Labute approximate surface area is 244 Å². The maximum absolute atomic E-state index is 14.3. The molecule has 1 aromatic rings. The van der Waals surface area contributed by atoms with Gasteiger partial charge in [0.25, 0.3) is 0 Å². The number of ether oxygens (including phenoxy) is 1. The Morgan fingerprint density at radius 2 is 1.95 bits per heavy atom. The molecule has 3 amide bonds. The van der Waals surface area contributed by atoms with Gasteiger partial charge in [0.05, 0.1) is 12.0 Å². The van der Waals surface area contributed by atoms with Crippen LogP contribution in [0.1, 0.15) is 51.5 Å². The Kier molecular flexibility index (Phi) is 10.3. The number of anilines is 1. The van der Waals surface area contributed by atoms with Crippen LogP contribution in [0.4, 0.5) is 18.9 Å². The van der Waals surface area contributed by atoms with Crippen LogP contribution in [0.15, 0.2) is 18.2 Å². The van der Waals surface area contributed by atoms with E-state index in [1.165, 1.54) is 11.9 Å². The highest BCUT2D eigenvalue weighted by Crippen LogP contribution is 2.42. The van der Waals surface area contributed by atoms with Crippen molar-refractivity contribution in [3.63, 3.8) is 0 Å². The minimum Gasteiger partial charge on any atom is -0.494 e. The third kappa shape index (κ3) is 7.04. The first-order valence-corrected chi connectivity index (χ1v) is 14.0. The minimum atomic E-state index is -5.18. The molecule has 10 nitrogen and oxygen atoms in total. The Morgan fingerprint density at radius 1 is 1.26 bits per heavy atom. The molecule has 2 heterocycles.